The fourth-order valence-electron chi connectivity index (χ4n) is 2.88. The minimum absolute atomic E-state index is 0.00175. The summed E-state index contributed by atoms with van der Waals surface area (Å²) in [6.07, 6.45) is -4.44. The van der Waals surface area contributed by atoms with Gasteiger partial charge in [0.25, 0.3) is 5.91 Å². The van der Waals surface area contributed by atoms with Crippen LogP contribution in [0.3, 0.4) is 0 Å². The van der Waals surface area contributed by atoms with Gasteiger partial charge in [-0.1, -0.05) is 36.4 Å². The van der Waals surface area contributed by atoms with Crippen molar-refractivity contribution in [1.82, 2.24) is 0 Å². The highest BCUT2D eigenvalue weighted by Gasteiger charge is 2.29. The van der Waals surface area contributed by atoms with E-state index >= 15 is 0 Å². The topological polar surface area (TPSA) is 54.6 Å². The van der Waals surface area contributed by atoms with E-state index in [9.17, 15) is 18.0 Å². The molecule has 0 aliphatic heterocycles. The number of alkyl halides is 3. The Kier molecular flexibility index (Phi) is 5.10. The molecule has 0 saturated carbocycles. The third-order valence-electron chi connectivity index (χ3n) is 4.36. The van der Waals surface area contributed by atoms with Gasteiger partial charge in [-0.15, -0.1) is 0 Å². The second-order valence-electron chi connectivity index (χ2n) is 6.48. The second kappa shape index (κ2) is 7.87. The average molecular weight is 408 g/mol. The number of benzene rings is 3. The number of amides is 1. The van der Waals surface area contributed by atoms with E-state index in [0.717, 1.165) is 12.1 Å². The number of anilines is 1. The quantitative estimate of drug-likeness (QED) is 0.456. The summed E-state index contributed by atoms with van der Waals surface area (Å²) in [5, 5.41) is 3.47. The van der Waals surface area contributed by atoms with Crippen LogP contribution in [0.5, 0.6) is 0 Å². The van der Waals surface area contributed by atoms with Crippen LogP contribution in [0.4, 0.5) is 24.5 Å². The Balaban J connectivity index is 1.80. The average Bonchev–Trinajstić information content (AvgIpc) is 2.73. The summed E-state index contributed by atoms with van der Waals surface area (Å²) in [4.78, 5) is 17.2. The van der Waals surface area contributed by atoms with Crippen LogP contribution in [-0.2, 0) is 6.18 Å². The number of fused-ring (bicyclic) bond motifs is 1. The van der Waals surface area contributed by atoms with Crippen LogP contribution >= 0.6 is 0 Å². The van der Waals surface area contributed by atoms with Gasteiger partial charge in [0.15, 0.2) is 0 Å². The molecule has 0 fully saturated rings. The monoisotopic (exact) mass is 408 g/mol. The van der Waals surface area contributed by atoms with Gasteiger partial charge in [-0.05, 0) is 48.5 Å². The van der Waals surface area contributed by atoms with Crippen LogP contribution in [0, 0.1) is 0 Å². The van der Waals surface area contributed by atoms with Crippen molar-refractivity contribution in [1.29, 1.82) is 0 Å². The van der Waals surface area contributed by atoms with E-state index < -0.39 is 17.6 Å². The molecule has 4 aromatic rings. The van der Waals surface area contributed by atoms with E-state index in [1.54, 1.807) is 48.5 Å². The van der Waals surface area contributed by atoms with Gasteiger partial charge in [0.05, 0.1) is 11.3 Å². The fourth-order valence-corrected chi connectivity index (χ4v) is 2.88. The third-order valence-corrected chi connectivity index (χ3v) is 4.36. The number of nitrogens with one attached hydrogen (secondary N) is 1. The summed E-state index contributed by atoms with van der Waals surface area (Å²) in [7, 11) is 0. The van der Waals surface area contributed by atoms with Crippen molar-refractivity contribution in [2.75, 3.05) is 5.32 Å². The number of carbonyl (C=O) groups excluding carboxylic acids is 1. The molecular weight excluding hydrogens is 393 g/mol. The van der Waals surface area contributed by atoms with Gasteiger partial charge in [0.2, 0.25) is 5.55 Å². The first-order chi connectivity index (χ1) is 14.4. The number of hydrogen-bond acceptors (Lipinski definition) is 3. The van der Waals surface area contributed by atoms with Crippen molar-refractivity contribution in [3.63, 3.8) is 0 Å². The molecule has 4 nitrogen and oxygen atoms in total. The van der Waals surface area contributed by atoms with Crippen LogP contribution < -0.4 is 10.9 Å². The van der Waals surface area contributed by atoms with Gasteiger partial charge in [-0.25, -0.2) is 4.99 Å². The molecule has 0 saturated heterocycles. The molecule has 1 aromatic heterocycles. The van der Waals surface area contributed by atoms with Gasteiger partial charge in [-0.2, -0.15) is 13.2 Å². The molecule has 1 heterocycles. The number of para-hydroxylation sites is 2. The molecular formula is C23H15F3N2O2. The highest BCUT2D eigenvalue weighted by atomic mass is 19.4. The van der Waals surface area contributed by atoms with Crippen molar-refractivity contribution in [3.05, 3.63) is 102 Å². The highest BCUT2D eigenvalue weighted by Crippen LogP contribution is 2.30. The highest BCUT2D eigenvalue weighted by molar-refractivity contribution is 6.05. The van der Waals surface area contributed by atoms with Gasteiger partial charge in [-0.3, -0.25) is 4.79 Å². The van der Waals surface area contributed by atoms with E-state index in [-0.39, 0.29) is 16.8 Å². The fraction of sp³-hybridized carbons (Fsp3) is 0.0435. The Labute approximate surface area is 169 Å². The molecule has 1 N–H and O–H groups in total. The Hall–Kier alpha value is -3.87. The minimum Gasteiger partial charge on any atom is -0.438 e. The Morgan fingerprint density at radius 1 is 0.867 bits per heavy atom. The lowest BCUT2D eigenvalue weighted by Gasteiger charge is -2.07. The zero-order valence-electron chi connectivity index (χ0n) is 15.5. The summed E-state index contributed by atoms with van der Waals surface area (Å²) in [6.45, 7) is 0. The van der Waals surface area contributed by atoms with Crippen LogP contribution in [0.15, 0.2) is 94.3 Å². The zero-order valence-corrected chi connectivity index (χ0v) is 15.5. The van der Waals surface area contributed by atoms with Gasteiger partial charge in [0, 0.05) is 11.1 Å². The molecule has 0 radical (unpaired) electrons. The van der Waals surface area contributed by atoms with Gasteiger partial charge >= 0.3 is 6.18 Å². The summed E-state index contributed by atoms with van der Waals surface area (Å²) >= 11 is 0. The molecule has 150 valence electrons. The lowest BCUT2D eigenvalue weighted by molar-refractivity contribution is -0.137. The molecule has 0 aliphatic carbocycles. The maximum absolute atomic E-state index is 12.9. The first-order valence-electron chi connectivity index (χ1n) is 9.01. The van der Waals surface area contributed by atoms with Gasteiger partial charge in [0.1, 0.15) is 11.1 Å². The molecule has 30 heavy (non-hydrogen) atoms. The molecule has 1 amide bonds. The molecule has 0 spiro atoms. The zero-order chi connectivity index (χ0) is 21.1. The van der Waals surface area contributed by atoms with Crippen LogP contribution in [0.1, 0.15) is 15.9 Å². The Morgan fingerprint density at radius 3 is 2.23 bits per heavy atom. The Morgan fingerprint density at radius 2 is 1.53 bits per heavy atom. The SMILES string of the molecule is O=C(Nc1ccccc1)c1cc2ccccc2oc1=Nc1ccc(C(F)(F)F)cc1. The minimum atomic E-state index is -4.44. The lowest BCUT2D eigenvalue weighted by Crippen LogP contribution is -2.21. The molecule has 3 aromatic carbocycles. The van der Waals surface area contributed by atoms with Crippen LogP contribution in [-0.4, -0.2) is 5.91 Å². The molecule has 0 aliphatic rings. The van der Waals surface area contributed by atoms with E-state index in [0.29, 0.717) is 16.7 Å². The maximum atomic E-state index is 12.9. The molecule has 0 atom stereocenters. The number of nitrogens with zero attached hydrogens (tertiary/aromatic N) is 1. The van der Waals surface area contributed by atoms with Crippen LogP contribution in [0.25, 0.3) is 11.0 Å². The van der Waals surface area contributed by atoms with E-state index in [1.165, 1.54) is 12.1 Å². The van der Waals surface area contributed by atoms with Gasteiger partial charge < -0.3 is 9.73 Å². The smallest absolute Gasteiger partial charge is 0.416 e. The summed E-state index contributed by atoms with van der Waals surface area (Å²) in [5.74, 6) is -0.443. The van der Waals surface area contributed by atoms with Crippen LogP contribution in [0.2, 0.25) is 0 Å². The molecule has 4 rings (SSSR count). The first-order valence-corrected chi connectivity index (χ1v) is 9.01. The van der Waals surface area contributed by atoms with Crippen molar-refractivity contribution >= 4 is 28.3 Å². The third kappa shape index (κ3) is 4.25. The molecule has 0 bridgehead atoms. The number of halogens is 3. The predicted molar refractivity (Wildman–Crippen MR) is 107 cm³/mol. The van der Waals surface area contributed by atoms with Crippen molar-refractivity contribution in [2.45, 2.75) is 6.18 Å². The molecule has 7 heteroatoms. The second-order valence-corrected chi connectivity index (χ2v) is 6.48. The van der Waals surface area contributed by atoms with Crippen molar-refractivity contribution in [2.24, 2.45) is 4.99 Å². The standard InChI is InChI=1S/C23H15F3N2O2/c24-23(25,26)16-10-12-18(13-11-16)28-22-19(14-15-6-4-5-9-20(15)30-22)21(29)27-17-7-2-1-3-8-17/h1-14H,(H,27,29). The van der Waals surface area contributed by atoms with E-state index in [4.69, 9.17) is 4.42 Å². The number of carbonyl (C=O) groups is 1. The van der Waals surface area contributed by atoms with E-state index in [1.807, 2.05) is 12.1 Å². The predicted octanol–water partition coefficient (Wildman–Crippen LogP) is 5.94. The Bertz CT molecular complexity index is 1260. The lowest BCUT2D eigenvalue weighted by atomic mass is 10.1. The summed E-state index contributed by atoms with van der Waals surface area (Å²) < 4.78 is 44.2. The largest absolute Gasteiger partial charge is 0.438 e. The summed E-state index contributed by atoms with van der Waals surface area (Å²) in [5.41, 5.74) is 0.713. The normalized spacial score (nSPS) is 12.2. The van der Waals surface area contributed by atoms with Crippen molar-refractivity contribution < 1.29 is 22.4 Å². The van der Waals surface area contributed by atoms with E-state index in [2.05, 4.69) is 10.3 Å². The number of rotatable bonds is 3. The molecule has 0 unspecified atom stereocenters. The first kappa shape index (κ1) is 19.4. The van der Waals surface area contributed by atoms with Crippen molar-refractivity contribution in [3.8, 4) is 0 Å². The number of hydrogen-bond donors (Lipinski definition) is 1. The summed E-state index contributed by atoms with van der Waals surface area (Å²) in [6, 6.07) is 21.9. The maximum Gasteiger partial charge on any atom is 0.416 e.